The van der Waals surface area contributed by atoms with Gasteiger partial charge in [0.1, 0.15) is 5.82 Å². The molecule has 0 saturated carbocycles. The molecular formula is C12H10BrN3O3. The molecule has 3 rings (SSSR count). The Labute approximate surface area is 116 Å². The molecule has 1 aliphatic rings. The molecule has 0 unspecified atom stereocenters. The van der Waals surface area contributed by atoms with E-state index in [-0.39, 0.29) is 16.1 Å². The molecule has 0 bridgehead atoms. The van der Waals surface area contributed by atoms with Crippen molar-refractivity contribution in [1.82, 2.24) is 9.55 Å². The number of nitro benzene ring substituents is 1. The van der Waals surface area contributed by atoms with Gasteiger partial charge in [-0.1, -0.05) is 15.9 Å². The number of rotatable bonds is 1. The van der Waals surface area contributed by atoms with Crippen molar-refractivity contribution in [3.63, 3.8) is 0 Å². The second-order valence-corrected chi connectivity index (χ2v) is 5.60. The molecule has 1 aliphatic heterocycles. The maximum atomic E-state index is 12.4. The minimum Gasteiger partial charge on any atom is -0.295 e. The Bertz CT molecular complexity index is 741. The van der Waals surface area contributed by atoms with Crippen LogP contribution in [0.25, 0.3) is 10.9 Å². The normalized spacial score (nSPS) is 18.3. The van der Waals surface area contributed by atoms with Gasteiger partial charge in [-0.05, 0) is 18.9 Å². The van der Waals surface area contributed by atoms with Gasteiger partial charge < -0.3 is 0 Å². The first kappa shape index (κ1) is 12.3. The number of aromatic nitrogens is 2. The number of nitro groups is 1. The number of halogens is 1. The molecule has 7 heteroatoms. The number of non-ortho nitro benzene ring substituents is 1. The van der Waals surface area contributed by atoms with E-state index in [1.54, 1.807) is 4.57 Å². The molecule has 0 fully saturated rings. The van der Waals surface area contributed by atoms with E-state index in [1.165, 1.54) is 18.2 Å². The van der Waals surface area contributed by atoms with Crippen molar-refractivity contribution in [1.29, 1.82) is 0 Å². The van der Waals surface area contributed by atoms with E-state index in [0.717, 1.165) is 12.8 Å². The molecule has 0 radical (unpaired) electrons. The minimum absolute atomic E-state index is 0.0635. The SMILES string of the molecule is O=c1c2cc([N+](=O)[O-])ccc2nc2n1CCC[C@@H]2Br. The lowest BCUT2D eigenvalue weighted by Crippen LogP contribution is -2.29. The number of alkyl halides is 1. The molecule has 6 nitrogen and oxygen atoms in total. The van der Waals surface area contributed by atoms with Crippen molar-refractivity contribution in [3.05, 3.63) is 44.5 Å². The Hall–Kier alpha value is -1.76. The van der Waals surface area contributed by atoms with Crippen LogP contribution in [0, 0.1) is 10.1 Å². The van der Waals surface area contributed by atoms with Gasteiger partial charge in [-0.2, -0.15) is 0 Å². The smallest absolute Gasteiger partial charge is 0.270 e. The quantitative estimate of drug-likeness (QED) is 0.459. The summed E-state index contributed by atoms with van der Waals surface area (Å²) in [5.41, 5.74) is 0.221. The molecule has 0 aliphatic carbocycles. The first-order valence-corrected chi connectivity index (χ1v) is 6.82. The fourth-order valence-electron chi connectivity index (χ4n) is 2.35. The molecule has 19 heavy (non-hydrogen) atoms. The molecule has 1 aromatic heterocycles. The Balaban J connectivity index is 2.33. The van der Waals surface area contributed by atoms with Gasteiger partial charge in [0, 0.05) is 18.7 Å². The predicted octanol–water partition coefficient (Wildman–Crippen LogP) is 2.53. The van der Waals surface area contributed by atoms with E-state index in [4.69, 9.17) is 0 Å². The molecule has 0 saturated heterocycles. The Morgan fingerprint density at radius 3 is 3.00 bits per heavy atom. The second kappa shape index (κ2) is 4.41. The van der Waals surface area contributed by atoms with E-state index in [1.807, 2.05) is 0 Å². The minimum atomic E-state index is -0.504. The van der Waals surface area contributed by atoms with Crippen LogP contribution >= 0.6 is 15.9 Å². The zero-order chi connectivity index (χ0) is 13.6. The Morgan fingerprint density at radius 2 is 2.26 bits per heavy atom. The number of hydrogen-bond donors (Lipinski definition) is 0. The van der Waals surface area contributed by atoms with Crippen molar-refractivity contribution in [2.24, 2.45) is 0 Å². The second-order valence-electron chi connectivity index (χ2n) is 4.50. The summed E-state index contributed by atoms with van der Waals surface area (Å²) in [6.45, 7) is 0.613. The van der Waals surface area contributed by atoms with Gasteiger partial charge in [-0.25, -0.2) is 4.98 Å². The van der Waals surface area contributed by atoms with E-state index in [9.17, 15) is 14.9 Å². The zero-order valence-electron chi connectivity index (χ0n) is 9.88. The van der Waals surface area contributed by atoms with Crippen LogP contribution < -0.4 is 5.56 Å². The van der Waals surface area contributed by atoms with E-state index >= 15 is 0 Å². The molecular weight excluding hydrogens is 314 g/mol. The van der Waals surface area contributed by atoms with Crippen LogP contribution in [0.1, 0.15) is 23.5 Å². The monoisotopic (exact) mass is 323 g/mol. The van der Waals surface area contributed by atoms with Gasteiger partial charge in [-0.3, -0.25) is 19.5 Å². The number of fused-ring (bicyclic) bond motifs is 2. The number of hydrogen-bond acceptors (Lipinski definition) is 4. The first-order valence-electron chi connectivity index (χ1n) is 5.91. The molecule has 1 atom stereocenters. The predicted molar refractivity (Wildman–Crippen MR) is 73.6 cm³/mol. The average Bonchev–Trinajstić information content (AvgIpc) is 2.40. The van der Waals surface area contributed by atoms with Crippen molar-refractivity contribution in [2.75, 3.05) is 0 Å². The van der Waals surface area contributed by atoms with Crippen LogP contribution in [0.4, 0.5) is 5.69 Å². The van der Waals surface area contributed by atoms with Gasteiger partial charge in [0.15, 0.2) is 0 Å². The van der Waals surface area contributed by atoms with Crippen molar-refractivity contribution in [3.8, 4) is 0 Å². The molecule has 0 N–H and O–H groups in total. The molecule has 0 spiro atoms. The van der Waals surface area contributed by atoms with Crippen LogP contribution in [0.2, 0.25) is 0 Å². The molecule has 0 amide bonds. The molecule has 1 aromatic carbocycles. The van der Waals surface area contributed by atoms with Crippen LogP contribution in [0.5, 0.6) is 0 Å². The lowest BCUT2D eigenvalue weighted by molar-refractivity contribution is -0.384. The zero-order valence-corrected chi connectivity index (χ0v) is 11.5. The lowest BCUT2D eigenvalue weighted by Gasteiger charge is -2.22. The molecule has 2 heterocycles. The van der Waals surface area contributed by atoms with Crippen molar-refractivity contribution in [2.45, 2.75) is 24.2 Å². The number of nitrogens with zero attached hydrogens (tertiary/aromatic N) is 3. The first-order chi connectivity index (χ1) is 9.08. The highest BCUT2D eigenvalue weighted by Crippen LogP contribution is 2.31. The van der Waals surface area contributed by atoms with E-state index in [0.29, 0.717) is 23.3 Å². The van der Waals surface area contributed by atoms with Gasteiger partial charge in [0.2, 0.25) is 0 Å². The van der Waals surface area contributed by atoms with Crippen molar-refractivity contribution < 1.29 is 4.92 Å². The fourth-order valence-corrected chi connectivity index (χ4v) is 3.03. The lowest BCUT2D eigenvalue weighted by atomic mass is 10.1. The summed E-state index contributed by atoms with van der Waals surface area (Å²) in [6.07, 6.45) is 1.83. The van der Waals surface area contributed by atoms with Gasteiger partial charge in [-0.15, -0.1) is 0 Å². The summed E-state index contributed by atoms with van der Waals surface area (Å²) in [7, 11) is 0. The topological polar surface area (TPSA) is 78.0 Å². The summed E-state index contributed by atoms with van der Waals surface area (Å²) in [5, 5.41) is 11.1. The van der Waals surface area contributed by atoms with E-state index in [2.05, 4.69) is 20.9 Å². The number of benzene rings is 1. The van der Waals surface area contributed by atoms with Crippen LogP contribution in [-0.4, -0.2) is 14.5 Å². The maximum absolute atomic E-state index is 12.4. The van der Waals surface area contributed by atoms with Crippen LogP contribution in [-0.2, 0) is 6.54 Å². The third kappa shape index (κ3) is 1.94. The highest BCUT2D eigenvalue weighted by molar-refractivity contribution is 9.09. The van der Waals surface area contributed by atoms with Gasteiger partial charge in [0.05, 0.1) is 20.7 Å². The highest BCUT2D eigenvalue weighted by Gasteiger charge is 2.22. The van der Waals surface area contributed by atoms with E-state index < -0.39 is 4.92 Å². The summed E-state index contributed by atoms with van der Waals surface area (Å²) < 4.78 is 1.61. The molecule has 2 aromatic rings. The average molecular weight is 324 g/mol. The Kier molecular flexibility index (Phi) is 2.85. The third-order valence-electron chi connectivity index (χ3n) is 3.30. The summed E-state index contributed by atoms with van der Waals surface area (Å²) in [4.78, 5) is 27.1. The largest absolute Gasteiger partial charge is 0.295 e. The van der Waals surface area contributed by atoms with Gasteiger partial charge in [0.25, 0.3) is 11.2 Å². The van der Waals surface area contributed by atoms with Crippen LogP contribution in [0.3, 0.4) is 0 Å². The standard InChI is InChI=1S/C12H10BrN3O3/c13-9-2-1-5-15-11(9)14-10-4-3-7(16(18)19)6-8(10)12(15)17/h3-4,6,9H,1-2,5H2/t9-/m0/s1. The summed E-state index contributed by atoms with van der Waals surface area (Å²) in [5.74, 6) is 0.706. The van der Waals surface area contributed by atoms with Crippen LogP contribution in [0.15, 0.2) is 23.0 Å². The maximum Gasteiger partial charge on any atom is 0.270 e. The highest BCUT2D eigenvalue weighted by atomic mass is 79.9. The van der Waals surface area contributed by atoms with Crippen molar-refractivity contribution >= 4 is 32.5 Å². The summed E-state index contributed by atoms with van der Waals surface area (Å²) >= 11 is 3.51. The third-order valence-corrected chi connectivity index (χ3v) is 4.16. The fraction of sp³-hybridized carbons (Fsp3) is 0.333. The Morgan fingerprint density at radius 1 is 1.47 bits per heavy atom. The molecule has 98 valence electrons. The van der Waals surface area contributed by atoms with Gasteiger partial charge >= 0.3 is 0 Å². The summed E-state index contributed by atoms with van der Waals surface area (Å²) in [6, 6.07) is 4.21.